The number of aromatic carboxylic acids is 2. The van der Waals surface area contributed by atoms with E-state index in [1.54, 1.807) is 18.2 Å². The second-order valence-corrected chi connectivity index (χ2v) is 4.26. The molecule has 0 aliphatic rings. The highest BCUT2D eigenvalue weighted by molar-refractivity contribution is 6.10. The maximum Gasteiger partial charge on any atom is 0.335 e. The third kappa shape index (κ3) is 1.72. The molecule has 3 N–H and O–H groups in total. The van der Waals surface area contributed by atoms with Gasteiger partial charge in [-0.1, -0.05) is 6.07 Å². The minimum Gasteiger partial charge on any atom is -0.478 e. The third-order valence-electron chi connectivity index (χ3n) is 3.09. The summed E-state index contributed by atoms with van der Waals surface area (Å²) in [6, 6.07) is 9.50. The smallest absolute Gasteiger partial charge is 0.335 e. The number of aromatic amines is 1. The Balaban J connectivity index is 2.33. The fourth-order valence-corrected chi connectivity index (χ4v) is 2.17. The zero-order chi connectivity index (χ0) is 13.6. The summed E-state index contributed by atoms with van der Waals surface area (Å²) in [5.41, 5.74) is 1.85. The molecule has 0 saturated heterocycles. The minimum absolute atomic E-state index is 0.192. The van der Waals surface area contributed by atoms with Crippen LogP contribution in [0.4, 0.5) is 0 Å². The minimum atomic E-state index is -0.994. The number of rotatable bonds is 2. The lowest BCUT2D eigenvalue weighted by molar-refractivity contribution is 0.0686. The zero-order valence-electron chi connectivity index (χ0n) is 9.68. The van der Waals surface area contributed by atoms with Crippen LogP contribution in [0.3, 0.4) is 0 Å². The van der Waals surface area contributed by atoms with Crippen LogP contribution in [0.1, 0.15) is 20.7 Å². The van der Waals surface area contributed by atoms with Crippen LogP contribution < -0.4 is 0 Å². The predicted octanol–water partition coefficient (Wildman–Crippen LogP) is 2.72. The van der Waals surface area contributed by atoms with Gasteiger partial charge in [-0.2, -0.15) is 0 Å². The van der Waals surface area contributed by atoms with Gasteiger partial charge in [-0.15, -0.1) is 0 Å². The van der Waals surface area contributed by atoms with E-state index in [0.717, 1.165) is 16.3 Å². The molecule has 0 saturated carbocycles. The molecule has 0 atom stereocenters. The molecule has 0 aliphatic heterocycles. The van der Waals surface area contributed by atoms with E-state index in [0.29, 0.717) is 5.52 Å². The molecule has 5 nitrogen and oxygen atoms in total. The Kier molecular flexibility index (Phi) is 2.28. The average molecular weight is 255 g/mol. The summed E-state index contributed by atoms with van der Waals surface area (Å²) in [6.07, 6.45) is 0. The fourth-order valence-electron chi connectivity index (χ4n) is 2.17. The second kappa shape index (κ2) is 3.84. The summed E-state index contributed by atoms with van der Waals surface area (Å²) in [4.78, 5) is 25.0. The van der Waals surface area contributed by atoms with Crippen molar-refractivity contribution in [3.05, 3.63) is 47.5 Å². The maximum atomic E-state index is 11.0. The van der Waals surface area contributed by atoms with Gasteiger partial charge in [0.05, 0.1) is 11.1 Å². The standard InChI is InChI=1S/C14H9NO4/c16-13(17)7-2-4-11-10(5-7)9-3-1-8(14(18)19)6-12(9)15-11/h1-6,15H,(H,16,17)(H,18,19). The summed E-state index contributed by atoms with van der Waals surface area (Å²) < 4.78 is 0. The van der Waals surface area contributed by atoms with Gasteiger partial charge in [-0.3, -0.25) is 0 Å². The van der Waals surface area contributed by atoms with Gasteiger partial charge in [0, 0.05) is 21.8 Å². The van der Waals surface area contributed by atoms with Gasteiger partial charge in [0.25, 0.3) is 0 Å². The Morgan fingerprint density at radius 2 is 1.42 bits per heavy atom. The molecule has 0 spiro atoms. The summed E-state index contributed by atoms with van der Waals surface area (Å²) in [7, 11) is 0. The topological polar surface area (TPSA) is 90.4 Å². The zero-order valence-corrected chi connectivity index (χ0v) is 9.68. The molecule has 5 heteroatoms. The van der Waals surface area contributed by atoms with Crippen molar-refractivity contribution in [3.63, 3.8) is 0 Å². The molecule has 19 heavy (non-hydrogen) atoms. The van der Waals surface area contributed by atoms with Crippen molar-refractivity contribution >= 4 is 33.7 Å². The van der Waals surface area contributed by atoms with Gasteiger partial charge < -0.3 is 15.2 Å². The molecular formula is C14H9NO4. The molecule has 94 valence electrons. The Labute approximate surface area is 107 Å². The Morgan fingerprint density at radius 1 is 0.789 bits per heavy atom. The van der Waals surface area contributed by atoms with Gasteiger partial charge in [-0.25, -0.2) is 9.59 Å². The summed E-state index contributed by atoms with van der Waals surface area (Å²) in [6.45, 7) is 0. The third-order valence-corrected chi connectivity index (χ3v) is 3.09. The molecule has 0 bridgehead atoms. The van der Waals surface area contributed by atoms with E-state index in [9.17, 15) is 9.59 Å². The van der Waals surface area contributed by atoms with Gasteiger partial charge in [0.2, 0.25) is 0 Å². The number of nitrogens with one attached hydrogen (secondary N) is 1. The monoisotopic (exact) mass is 255 g/mol. The van der Waals surface area contributed by atoms with E-state index in [1.807, 2.05) is 0 Å². The van der Waals surface area contributed by atoms with Crippen molar-refractivity contribution in [3.8, 4) is 0 Å². The summed E-state index contributed by atoms with van der Waals surface area (Å²) in [5.74, 6) is -1.98. The van der Waals surface area contributed by atoms with Crippen LogP contribution in [-0.2, 0) is 0 Å². The highest BCUT2D eigenvalue weighted by Crippen LogP contribution is 2.27. The number of benzene rings is 2. The first-order chi connectivity index (χ1) is 9.06. The van der Waals surface area contributed by atoms with Crippen LogP contribution in [0.15, 0.2) is 36.4 Å². The highest BCUT2D eigenvalue weighted by atomic mass is 16.4. The van der Waals surface area contributed by atoms with Gasteiger partial charge in [0.15, 0.2) is 0 Å². The van der Waals surface area contributed by atoms with E-state index in [4.69, 9.17) is 10.2 Å². The first kappa shape index (κ1) is 11.3. The summed E-state index contributed by atoms with van der Waals surface area (Å²) >= 11 is 0. The van der Waals surface area contributed by atoms with Crippen molar-refractivity contribution in [2.75, 3.05) is 0 Å². The largest absolute Gasteiger partial charge is 0.478 e. The first-order valence-corrected chi connectivity index (χ1v) is 5.58. The van der Waals surface area contributed by atoms with Gasteiger partial charge in [0.1, 0.15) is 0 Å². The van der Waals surface area contributed by atoms with Crippen LogP contribution in [-0.4, -0.2) is 27.1 Å². The van der Waals surface area contributed by atoms with E-state index in [2.05, 4.69) is 4.98 Å². The number of H-pyrrole nitrogens is 1. The molecule has 1 heterocycles. The predicted molar refractivity (Wildman–Crippen MR) is 69.7 cm³/mol. The molecule has 2 aromatic carbocycles. The molecule has 3 aromatic rings. The van der Waals surface area contributed by atoms with Crippen LogP contribution in [0.25, 0.3) is 21.8 Å². The molecule has 3 rings (SSSR count). The molecule has 1 aromatic heterocycles. The van der Waals surface area contributed by atoms with Crippen molar-refractivity contribution in [2.45, 2.75) is 0 Å². The number of fused-ring (bicyclic) bond motifs is 3. The fraction of sp³-hybridized carbons (Fsp3) is 0. The quantitative estimate of drug-likeness (QED) is 0.656. The SMILES string of the molecule is O=C(O)c1ccc2c(c1)[nH]c1ccc(C(=O)O)cc12. The Bertz CT molecular complexity index is 832. The molecule has 0 amide bonds. The molecule has 0 aliphatic carbocycles. The lowest BCUT2D eigenvalue weighted by atomic mass is 10.1. The van der Waals surface area contributed by atoms with Gasteiger partial charge in [-0.05, 0) is 30.3 Å². The van der Waals surface area contributed by atoms with Gasteiger partial charge >= 0.3 is 11.9 Å². The van der Waals surface area contributed by atoms with E-state index in [1.165, 1.54) is 18.2 Å². The maximum absolute atomic E-state index is 11.0. The van der Waals surface area contributed by atoms with Crippen molar-refractivity contribution in [1.29, 1.82) is 0 Å². The molecular weight excluding hydrogens is 246 g/mol. The van der Waals surface area contributed by atoms with E-state index >= 15 is 0 Å². The van der Waals surface area contributed by atoms with Crippen LogP contribution in [0.2, 0.25) is 0 Å². The number of carboxylic acids is 2. The lowest BCUT2D eigenvalue weighted by Gasteiger charge is -1.96. The van der Waals surface area contributed by atoms with Crippen LogP contribution in [0.5, 0.6) is 0 Å². The number of carbonyl (C=O) groups is 2. The number of hydrogen-bond acceptors (Lipinski definition) is 2. The number of hydrogen-bond donors (Lipinski definition) is 3. The number of carboxylic acid groups (broad SMARTS) is 2. The Morgan fingerprint density at radius 3 is 2.11 bits per heavy atom. The molecule has 0 fully saturated rings. The van der Waals surface area contributed by atoms with Crippen molar-refractivity contribution in [2.24, 2.45) is 0 Å². The number of aromatic nitrogens is 1. The molecule has 0 unspecified atom stereocenters. The van der Waals surface area contributed by atoms with Crippen molar-refractivity contribution in [1.82, 2.24) is 4.98 Å². The van der Waals surface area contributed by atoms with Crippen LogP contribution >= 0.6 is 0 Å². The highest BCUT2D eigenvalue weighted by Gasteiger charge is 2.10. The first-order valence-electron chi connectivity index (χ1n) is 5.58. The second-order valence-electron chi connectivity index (χ2n) is 4.26. The van der Waals surface area contributed by atoms with Crippen LogP contribution in [0, 0.1) is 0 Å². The Hall–Kier alpha value is -2.82. The molecule has 0 radical (unpaired) electrons. The average Bonchev–Trinajstić information content (AvgIpc) is 2.74. The summed E-state index contributed by atoms with van der Waals surface area (Å²) in [5, 5.41) is 19.5. The lowest BCUT2D eigenvalue weighted by Crippen LogP contribution is -1.95. The van der Waals surface area contributed by atoms with E-state index in [-0.39, 0.29) is 11.1 Å². The van der Waals surface area contributed by atoms with Crippen molar-refractivity contribution < 1.29 is 19.8 Å². The normalized spacial score (nSPS) is 10.9. The van der Waals surface area contributed by atoms with E-state index < -0.39 is 11.9 Å².